The molecule has 0 unspecified atom stereocenters. The van der Waals surface area contributed by atoms with Crippen LogP contribution in [0.25, 0.3) is 0 Å². The fourth-order valence-corrected chi connectivity index (χ4v) is 2.73. The van der Waals surface area contributed by atoms with E-state index in [9.17, 15) is 9.59 Å². The molecule has 0 aliphatic carbocycles. The maximum Gasteiger partial charge on any atom is 0.243 e. The molecule has 0 saturated heterocycles. The van der Waals surface area contributed by atoms with Crippen molar-refractivity contribution in [3.05, 3.63) is 48.5 Å². The summed E-state index contributed by atoms with van der Waals surface area (Å²) in [5.74, 6) is 0.548. The van der Waals surface area contributed by atoms with Gasteiger partial charge in [0.15, 0.2) is 0 Å². The summed E-state index contributed by atoms with van der Waals surface area (Å²) in [5.41, 5.74) is 2.16. The van der Waals surface area contributed by atoms with Crippen molar-refractivity contribution in [2.45, 2.75) is 46.0 Å². The van der Waals surface area contributed by atoms with Crippen LogP contribution in [0.5, 0.6) is 5.75 Å². The second-order valence-electron chi connectivity index (χ2n) is 6.82. The molecular formula is C23H31N3O3. The fourth-order valence-electron chi connectivity index (χ4n) is 2.73. The van der Waals surface area contributed by atoms with Gasteiger partial charge in [-0.05, 0) is 36.8 Å². The molecule has 2 amide bonds. The first-order valence-corrected chi connectivity index (χ1v) is 10.3. The molecule has 0 radical (unpaired) electrons. The Morgan fingerprint density at radius 2 is 1.52 bits per heavy atom. The molecular weight excluding hydrogens is 366 g/mol. The van der Waals surface area contributed by atoms with Crippen molar-refractivity contribution in [2.24, 2.45) is 0 Å². The molecule has 0 aliphatic heterocycles. The summed E-state index contributed by atoms with van der Waals surface area (Å²) in [5, 5.41) is 8.74. The van der Waals surface area contributed by atoms with E-state index >= 15 is 0 Å². The minimum Gasteiger partial charge on any atom is -0.494 e. The molecule has 0 heterocycles. The van der Waals surface area contributed by atoms with E-state index in [-0.39, 0.29) is 18.4 Å². The van der Waals surface area contributed by atoms with E-state index in [0.717, 1.165) is 17.9 Å². The number of benzene rings is 2. The number of hydrogen-bond acceptors (Lipinski definition) is 4. The fraction of sp³-hybridized carbons (Fsp3) is 0.391. The second kappa shape index (κ2) is 12.4. The molecule has 0 spiro atoms. The van der Waals surface area contributed by atoms with Gasteiger partial charge in [0.2, 0.25) is 11.8 Å². The Morgan fingerprint density at radius 1 is 0.828 bits per heavy atom. The molecule has 0 atom stereocenters. The van der Waals surface area contributed by atoms with Crippen molar-refractivity contribution in [1.82, 2.24) is 0 Å². The zero-order valence-electron chi connectivity index (χ0n) is 17.3. The van der Waals surface area contributed by atoms with Crippen LogP contribution >= 0.6 is 0 Å². The lowest BCUT2D eigenvalue weighted by Gasteiger charge is -2.11. The van der Waals surface area contributed by atoms with Gasteiger partial charge in [0.05, 0.1) is 13.2 Å². The molecule has 0 aromatic heterocycles. The lowest BCUT2D eigenvalue weighted by molar-refractivity contribution is -0.116. The van der Waals surface area contributed by atoms with E-state index in [1.54, 1.807) is 13.0 Å². The van der Waals surface area contributed by atoms with Crippen LogP contribution in [0, 0.1) is 0 Å². The minimum absolute atomic E-state index is 0.0487. The van der Waals surface area contributed by atoms with Crippen LogP contribution in [0.15, 0.2) is 48.5 Å². The summed E-state index contributed by atoms with van der Waals surface area (Å²) in [6.45, 7) is 4.79. The highest BCUT2D eigenvalue weighted by atomic mass is 16.5. The van der Waals surface area contributed by atoms with Crippen LogP contribution in [0.3, 0.4) is 0 Å². The summed E-state index contributed by atoms with van der Waals surface area (Å²) in [4.78, 5) is 23.7. The van der Waals surface area contributed by atoms with Gasteiger partial charge in [-0.3, -0.25) is 9.59 Å². The highest BCUT2D eigenvalue weighted by Gasteiger charge is 2.05. The van der Waals surface area contributed by atoms with Gasteiger partial charge in [0, 0.05) is 29.5 Å². The first-order valence-electron chi connectivity index (χ1n) is 10.3. The normalized spacial score (nSPS) is 10.3. The van der Waals surface area contributed by atoms with Crippen molar-refractivity contribution >= 4 is 28.9 Å². The number of nitrogens with one attached hydrogen (secondary N) is 3. The van der Waals surface area contributed by atoms with Gasteiger partial charge in [-0.25, -0.2) is 0 Å². The predicted octanol–water partition coefficient (Wildman–Crippen LogP) is 5.04. The summed E-state index contributed by atoms with van der Waals surface area (Å²) in [6.07, 6.45) is 5.04. The number of carbonyl (C=O) groups excluding carboxylic acids is 2. The highest BCUT2D eigenvalue weighted by molar-refractivity contribution is 5.94. The molecule has 0 fully saturated rings. The van der Waals surface area contributed by atoms with Crippen LogP contribution in [0.4, 0.5) is 17.1 Å². The molecule has 29 heavy (non-hydrogen) atoms. The second-order valence-corrected chi connectivity index (χ2v) is 6.82. The largest absolute Gasteiger partial charge is 0.494 e. The van der Waals surface area contributed by atoms with E-state index in [2.05, 4.69) is 22.9 Å². The maximum absolute atomic E-state index is 12.3. The van der Waals surface area contributed by atoms with Crippen LogP contribution in [0.1, 0.15) is 46.0 Å². The van der Waals surface area contributed by atoms with Crippen molar-refractivity contribution in [3.63, 3.8) is 0 Å². The van der Waals surface area contributed by atoms with Gasteiger partial charge in [-0.1, -0.05) is 45.2 Å². The van der Waals surface area contributed by atoms with Crippen LogP contribution in [-0.4, -0.2) is 25.0 Å². The van der Waals surface area contributed by atoms with Gasteiger partial charge >= 0.3 is 0 Å². The Hall–Kier alpha value is -3.02. The van der Waals surface area contributed by atoms with Gasteiger partial charge in [-0.2, -0.15) is 0 Å². The van der Waals surface area contributed by atoms with E-state index in [0.29, 0.717) is 24.4 Å². The SMILES string of the molecule is CCCCCCOc1cccc(NC(=O)CNc2cccc(NC(=O)CC)c2)c1. The average Bonchev–Trinajstić information content (AvgIpc) is 2.72. The Morgan fingerprint density at radius 3 is 2.28 bits per heavy atom. The summed E-state index contributed by atoms with van der Waals surface area (Å²) in [7, 11) is 0. The predicted molar refractivity (Wildman–Crippen MR) is 119 cm³/mol. The zero-order chi connectivity index (χ0) is 20.9. The Labute approximate surface area is 173 Å². The average molecular weight is 398 g/mol. The standard InChI is InChI=1S/C23H31N3O3/c1-3-5-6-7-14-29-21-13-9-12-20(16-21)26-23(28)17-24-18-10-8-11-19(15-18)25-22(27)4-2/h8-13,15-16,24H,3-7,14,17H2,1-2H3,(H,25,27)(H,26,28). The molecule has 0 bridgehead atoms. The molecule has 6 heteroatoms. The molecule has 156 valence electrons. The smallest absolute Gasteiger partial charge is 0.243 e. The Bertz CT molecular complexity index is 792. The van der Waals surface area contributed by atoms with Crippen molar-refractivity contribution in [1.29, 1.82) is 0 Å². The Kier molecular flexibility index (Phi) is 9.55. The number of anilines is 3. The molecule has 2 aromatic rings. The van der Waals surface area contributed by atoms with E-state index in [1.807, 2.05) is 42.5 Å². The van der Waals surface area contributed by atoms with Gasteiger partial charge in [-0.15, -0.1) is 0 Å². The highest BCUT2D eigenvalue weighted by Crippen LogP contribution is 2.18. The van der Waals surface area contributed by atoms with Gasteiger partial charge < -0.3 is 20.7 Å². The van der Waals surface area contributed by atoms with Crippen molar-refractivity contribution in [2.75, 3.05) is 29.1 Å². The van der Waals surface area contributed by atoms with E-state index < -0.39 is 0 Å². The lowest BCUT2D eigenvalue weighted by Crippen LogP contribution is -2.21. The molecule has 3 N–H and O–H groups in total. The van der Waals surface area contributed by atoms with E-state index in [4.69, 9.17) is 4.74 Å². The number of hydrogen-bond donors (Lipinski definition) is 3. The molecule has 2 rings (SSSR count). The summed E-state index contributed by atoms with van der Waals surface area (Å²) < 4.78 is 5.76. The summed E-state index contributed by atoms with van der Waals surface area (Å²) in [6, 6.07) is 14.7. The van der Waals surface area contributed by atoms with E-state index in [1.165, 1.54) is 19.3 Å². The summed E-state index contributed by atoms with van der Waals surface area (Å²) >= 11 is 0. The zero-order valence-corrected chi connectivity index (χ0v) is 17.3. The quantitative estimate of drug-likeness (QED) is 0.438. The number of unbranched alkanes of at least 4 members (excludes halogenated alkanes) is 3. The number of amides is 2. The lowest BCUT2D eigenvalue weighted by atomic mass is 10.2. The Balaban J connectivity index is 1.80. The number of rotatable bonds is 12. The van der Waals surface area contributed by atoms with Crippen LogP contribution in [0.2, 0.25) is 0 Å². The molecule has 0 aliphatic rings. The minimum atomic E-state index is -0.159. The number of carbonyl (C=O) groups is 2. The maximum atomic E-state index is 12.3. The van der Waals surface area contributed by atoms with Crippen LogP contribution < -0.4 is 20.7 Å². The monoisotopic (exact) mass is 397 g/mol. The first kappa shape index (κ1) is 22.3. The molecule has 0 saturated carbocycles. The topological polar surface area (TPSA) is 79.5 Å². The van der Waals surface area contributed by atoms with Crippen molar-refractivity contribution < 1.29 is 14.3 Å². The first-order chi connectivity index (χ1) is 14.1. The number of ether oxygens (including phenoxy) is 1. The van der Waals surface area contributed by atoms with Gasteiger partial charge in [0.1, 0.15) is 5.75 Å². The third-order valence-corrected chi connectivity index (χ3v) is 4.30. The third-order valence-electron chi connectivity index (χ3n) is 4.30. The van der Waals surface area contributed by atoms with Gasteiger partial charge in [0.25, 0.3) is 0 Å². The molecule has 2 aromatic carbocycles. The molecule has 6 nitrogen and oxygen atoms in total. The van der Waals surface area contributed by atoms with Crippen LogP contribution in [-0.2, 0) is 9.59 Å². The van der Waals surface area contributed by atoms with Crippen molar-refractivity contribution in [3.8, 4) is 5.75 Å². The third kappa shape index (κ3) is 8.68.